The summed E-state index contributed by atoms with van der Waals surface area (Å²) in [5.74, 6) is 0.122. The fourth-order valence-corrected chi connectivity index (χ4v) is 1.97. The van der Waals surface area contributed by atoms with Crippen molar-refractivity contribution in [2.24, 2.45) is 0 Å². The first-order valence-corrected chi connectivity index (χ1v) is 7.29. The molecule has 0 spiro atoms. The predicted octanol–water partition coefficient (Wildman–Crippen LogP) is 1.80. The van der Waals surface area contributed by atoms with Gasteiger partial charge in [0.05, 0.1) is 0 Å². The molecule has 0 bridgehead atoms. The zero-order valence-electron chi connectivity index (χ0n) is 12.9. The van der Waals surface area contributed by atoms with E-state index in [1.165, 1.54) is 5.56 Å². The van der Waals surface area contributed by atoms with Gasteiger partial charge in [-0.3, -0.25) is 4.79 Å². The molecule has 0 aromatic heterocycles. The third kappa shape index (κ3) is 7.26. The summed E-state index contributed by atoms with van der Waals surface area (Å²) >= 11 is 0. The van der Waals surface area contributed by atoms with Gasteiger partial charge in [-0.1, -0.05) is 30.3 Å². The Bertz CT molecular complexity index is 379. The number of carbonyl (C=O) groups excluding carboxylic acids is 1. The maximum Gasteiger partial charge on any atom is 0.221 e. The number of benzene rings is 1. The van der Waals surface area contributed by atoms with Gasteiger partial charge in [-0.15, -0.1) is 0 Å². The largest absolute Gasteiger partial charge is 0.356 e. The molecule has 0 aliphatic carbocycles. The molecule has 112 valence electrons. The van der Waals surface area contributed by atoms with Crippen molar-refractivity contribution in [3.8, 4) is 0 Å². The minimum Gasteiger partial charge on any atom is -0.356 e. The molecule has 0 saturated carbocycles. The van der Waals surface area contributed by atoms with Crippen LogP contribution in [0.1, 0.15) is 31.4 Å². The van der Waals surface area contributed by atoms with Crippen molar-refractivity contribution in [2.45, 2.75) is 25.8 Å². The predicted molar refractivity (Wildman–Crippen MR) is 83.7 cm³/mol. The van der Waals surface area contributed by atoms with Crippen molar-refractivity contribution in [3.63, 3.8) is 0 Å². The van der Waals surface area contributed by atoms with E-state index in [0.29, 0.717) is 13.0 Å². The van der Waals surface area contributed by atoms with E-state index in [4.69, 9.17) is 0 Å². The van der Waals surface area contributed by atoms with Gasteiger partial charge in [-0.05, 0) is 39.5 Å². The lowest BCUT2D eigenvalue weighted by Gasteiger charge is -2.14. The van der Waals surface area contributed by atoms with Crippen LogP contribution in [-0.2, 0) is 4.79 Å². The van der Waals surface area contributed by atoms with E-state index in [9.17, 15) is 4.79 Å². The molecule has 0 aliphatic heterocycles. The summed E-state index contributed by atoms with van der Waals surface area (Å²) in [5, 5.41) is 6.32. The van der Waals surface area contributed by atoms with Crippen LogP contribution in [0.5, 0.6) is 0 Å². The zero-order chi connectivity index (χ0) is 14.8. The SMILES string of the molecule is CC(NCCC(=O)NCCCN(C)C)c1ccccc1. The van der Waals surface area contributed by atoms with Crippen molar-refractivity contribution in [2.75, 3.05) is 33.7 Å². The number of carbonyl (C=O) groups is 1. The highest BCUT2D eigenvalue weighted by Crippen LogP contribution is 2.10. The molecule has 0 aliphatic rings. The van der Waals surface area contributed by atoms with E-state index in [1.807, 2.05) is 32.3 Å². The quantitative estimate of drug-likeness (QED) is 0.677. The Morgan fingerprint density at radius 3 is 2.55 bits per heavy atom. The molecule has 4 nitrogen and oxygen atoms in total. The van der Waals surface area contributed by atoms with Gasteiger partial charge in [0, 0.05) is 25.6 Å². The topological polar surface area (TPSA) is 44.4 Å². The Balaban J connectivity index is 2.10. The van der Waals surface area contributed by atoms with Crippen LogP contribution in [0.3, 0.4) is 0 Å². The Kier molecular flexibility index (Phi) is 7.92. The summed E-state index contributed by atoms with van der Waals surface area (Å²) in [6.45, 7) is 4.58. The van der Waals surface area contributed by atoms with Gasteiger partial charge in [0.1, 0.15) is 0 Å². The van der Waals surface area contributed by atoms with Gasteiger partial charge in [0.2, 0.25) is 5.91 Å². The van der Waals surface area contributed by atoms with Crippen molar-refractivity contribution in [1.29, 1.82) is 0 Å². The zero-order valence-corrected chi connectivity index (χ0v) is 12.9. The first-order chi connectivity index (χ1) is 9.59. The minimum absolute atomic E-state index is 0.122. The molecule has 1 amide bonds. The second-order valence-corrected chi connectivity index (χ2v) is 5.34. The van der Waals surface area contributed by atoms with E-state index >= 15 is 0 Å². The summed E-state index contributed by atoms with van der Waals surface area (Å²) in [7, 11) is 4.08. The molecular weight excluding hydrogens is 250 g/mol. The molecule has 0 heterocycles. The number of amides is 1. The molecule has 1 unspecified atom stereocenters. The fraction of sp³-hybridized carbons (Fsp3) is 0.562. The maximum absolute atomic E-state index is 11.6. The van der Waals surface area contributed by atoms with E-state index in [1.54, 1.807) is 0 Å². The lowest BCUT2D eigenvalue weighted by atomic mass is 10.1. The fourth-order valence-electron chi connectivity index (χ4n) is 1.97. The third-order valence-corrected chi connectivity index (χ3v) is 3.21. The summed E-state index contributed by atoms with van der Waals surface area (Å²) in [6, 6.07) is 10.5. The number of nitrogens with zero attached hydrogens (tertiary/aromatic N) is 1. The van der Waals surface area contributed by atoms with Crippen LogP contribution >= 0.6 is 0 Å². The van der Waals surface area contributed by atoms with Gasteiger partial charge < -0.3 is 15.5 Å². The minimum atomic E-state index is 0.122. The Labute approximate surface area is 122 Å². The maximum atomic E-state index is 11.6. The molecule has 1 aromatic carbocycles. The van der Waals surface area contributed by atoms with E-state index in [-0.39, 0.29) is 11.9 Å². The van der Waals surface area contributed by atoms with Crippen molar-refractivity contribution >= 4 is 5.91 Å². The van der Waals surface area contributed by atoms with Crippen molar-refractivity contribution in [3.05, 3.63) is 35.9 Å². The molecule has 20 heavy (non-hydrogen) atoms. The second-order valence-electron chi connectivity index (χ2n) is 5.34. The van der Waals surface area contributed by atoms with Crippen LogP contribution < -0.4 is 10.6 Å². The Morgan fingerprint density at radius 1 is 1.20 bits per heavy atom. The van der Waals surface area contributed by atoms with Crippen LogP contribution in [0.25, 0.3) is 0 Å². The first kappa shape index (κ1) is 16.7. The summed E-state index contributed by atoms with van der Waals surface area (Å²) < 4.78 is 0. The van der Waals surface area contributed by atoms with Gasteiger partial charge in [-0.2, -0.15) is 0 Å². The van der Waals surface area contributed by atoms with Crippen molar-refractivity contribution in [1.82, 2.24) is 15.5 Å². The molecule has 0 saturated heterocycles. The highest BCUT2D eigenvalue weighted by atomic mass is 16.1. The second kappa shape index (κ2) is 9.50. The van der Waals surface area contributed by atoms with Gasteiger partial charge in [0.15, 0.2) is 0 Å². The summed E-state index contributed by atoms with van der Waals surface area (Å²) in [5.41, 5.74) is 1.25. The first-order valence-electron chi connectivity index (χ1n) is 7.29. The van der Waals surface area contributed by atoms with Crippen molar-refractivity contribution < 1.29 is 4.79 Å². The molecule has 1 aromatic rings. The lowest BCUT2D eigenvalue weighted by molar-refractivity contribution is -0.121. The van der Waals surface area contributed by atoms with E-state index < -0.39 is 0 Å². The number of nitrogens with one attached hydrogen (secondary N) is 2. The van der Waals surface area contributed by atoms with Gasteiger partial charge >= 0.3 is 0 Å². The molecule has 1 rings (SSSR count). The van der Waals surface area contributed by atoms with Gasteiger partial charge in [0.25, 0.3) is 0 Å². The van der Waals surface area contributed by atoms with Crippen LogP contribution in [-0.4, -0.2) is 44.5 Å². The number of hydrogen-bond donors (Lipinski definition) is 2. The molecule has 2 N–H and O–H groups in total. The standard InChI is InChI=1S/C16H27N3O/c1-14(15-8-5-4-6-9-15)17-12-10-16(20)18-11-7-13-19(2)3/h4-6,8-9,14,17H,7,10-13H2,1-3H3,(H,18,20). The summed E-state index contributed by atoms with van der Waals surface area (Å²) in [6.07, 6.45) is 1.52. The monoisotopic (exact) mass is 277 g/mol. The lowest BCUT2D eigenvalue weighted by Crippen LogP contribution is -2.30. The molecule has 4 heteroatoms. The highest BCUT2D eigenvalue weighted by molar-refractivity contribution is 5.76. The average molecular weight is 277 g/mol. The number of hydrogen-bond acceptors (Lipinski definition) is 3. The van der Waals surface area contributed by atoms with Crippen LogP contribution in [0, 0.1) is 0 Å². The number of rotatable bonds is 9. The molecule has 0 fully saturated rings. The van der Waals surface area contributed by atoms with E-state index in [0.717, 1.165) is 19.5 Å². The van der Waals surface area contributed by atoms with Crippen LogP contribution in [0.15, 0.2) is 30.3 Å². The third-order valence-electron chi connectivity index (χ3n) is 3.21. The molecule has 1 atom stereocenters. The Hall–Kier alpha value is -1.39. The van der Waals surface area contributed by atoms with E-state index in [2.05, 4.69) is 34.6 Å². The molecule has 0 radical (unpaired) electrons. The average Bonchev–Trinajstić information content (AvgIpc) is 2.44. The van der Waals surface area contributed by atoms with Crippen LogP contribution in [0.2, 0.25) is 0 Å². The van der Waals surface area contributed by atoms with Crippen LogP contribution in [0.4, 0.5) is 0 Å². The normalized spacial score (nSPS) is 12.4. The van der Waals surface area contributed by atoms with Gasteiger partial charge in [-0.25, -0.2) is 0 Å². The summed E-state index contributed by atoms with van der Waals surface area (Å²) in [4.78, 5) is 13.8. The smallest absolute Gasteiger partial charge is 0.221 e. The molecular formula is C16H27N3O. The highest BCUT2D eigenvalue weighted by Gasteiger charge is 2.05. The Morgan fingerprint density at radius 2 is 1.90 bits per heavy atom.